The molecular weight excluding hydrogens is 352 g/mol. The van der Waals surface area contributed by atoms with Gasteiger partial charge in [-0.1, -0.05) is 11.6 Å². The minimum absolute atomic E-state index is 0.137. The van der Waals surface area contributed by atoms with Crippen LogP contribution in [0.3, 0.4) is 0 Å². The fourth-order valence-corrected chi connectivity index (χ4v) is 4.52. The van der Waals surface area contributed by atoms with Crippen LogP contribution >= 0.6 is 11.6 Å². The van der Waals surface area contributed by atoms with Crippen molar-refractivity contribution in [1.82, 2.24) is 9.62 Å². The number of nitrogens with one attached hydrogen (secondary N) is 1. The summed E-state index contributed by atoms with van der Waals surface area (Å²) < 4.78 is 32.0. The maximum Gasteiger partial charge on any atom is 0.243 e. The fourth-order valence-electron chi connectivity index (χ4n) is 2.74. The summed E-state index contributed by atoms with van der Waals surface area (Å²) in [6, 6.07) is 8.72. The van der Waals surface area contributed by atoms with E-state index in [1.807, 2.05) is 0 Å². The molecule has 2 aromatic rings. The molecule has 0 saturated carbocycles. The van der Waals surface area contributed by atoms with Gasteiger partial charge in [0.05, 0.1) is 17.7 Å². The van der Waals surface area contributed by atoms with Crippen LogP contribution in [-0.2, 0) is 21.4 Å². The molecule has 8 heteroatoms. The zero-order valence-corrected chi connectivity index (χ0v) is 14.4. The molecule has 6 nitrogen and oxygen atoms in total. The highest BCUT2D eigenvalue weighted by atomic mass is 35.5. The Labute approximate surface area is 145 Å². The van der Waals surface area contributed by atoms with Gasteiger partial charge in [-0.3, -0.25) is 4.79 Å². The third-order valence-electron chi connectivity index (χ3n) is 3.94. The lowest BCUT2D eigenvalue weighted by Crippen LogP contribution is -2.45. The van der Waals surface area contributed by atoms with Gasteiger partial charge < -0.3 is 9.73 Å². The fraction of sp³-hybridized carbons (Fsp3) is 0.312. The average Bonchev–Trinajstić information content (AvgIpc) is 3.24. The molecule has 1 fully saturated rings. The summed E-state index contributed by atoms with van der Waals surface area (Å²) in [7, 11) is -3.73. The van der Waals surface area contributed by atoms with Crippen LogP contribution in [-0.4, -0.2) is 31.2 Å². The molecule has 0 spiro atoms. The summed E-state index contributed by atoms with van der Waals surface area (Å²) in [6.07, 6.45) is 2.66. The molecule has 0 unspecified atom stereocenters. The number of benzene rings is 1. The second kappa shape index (κ2) is 6.96. The molecule has 1 aromatic carbocycles. The lowest BCUT2D eigenvalue weighted by atomic mass is 10.2. The summed E-state index contributed by atoms with van der Waals surface area (Å²) in [4.78, 5) is 12.5. The summed E-state index contributed by atoms with van der Waals surface area (Å²) >= 11 is 5.81. The first-order valence-corrected chi connectivity index (χ1v) is 9.38. The number of furan rings is 1. The average molecular weight is 369 g/mol. The minimum Gasteiger partial charge on any atom is -0.467 e. The number of rotatable bonds is 5. The zero-order valence-electron chi connectivity index (χ0n) is 12.8. The lowest BCUT2D eigenvalue weighted by molar-refractivity contribution is -0.124. The van der Waals surface area contributed by atoms with Crippen molar-refractivity contribution in [3.8, 4) is 0 Å². The smallest absolute Gasteiger partial charge is 0.243 e. The van der Waals surface area contributed by atoms with E-state index in [4.69, 9.17) is 16.0 Å². The second-order valence-electron chi connectivity index (χ2n) is 5.52. The van der Waals surface area contributed by atoms with Crippen LogP contribution in [0.25, 0.3) is 0 Å². The van der Waals surface area contributed by atoms with Crippen LogP contribution in [0.2, 0.25) is 5.02 Å². The second-order valence-corrected chi connectivity index (χ2v) is 7.85. The highest BCUT2D eigenvalue weighted by Crippen LogP contribution is 2.27. The van der Waals surface area contributed by atoms with Gasteiger partial charge in [0.2, 0.25) is 15.9 Å². The van der Waals surface area contributed by atoms with Gasteiger partial charge in [0.1, 0.15) is 11.8 Å². The monoisotopic (exact) mass is 368 g/mol. The van der Waals surface area contributed by atoms with Crippen molar-refractivity contribution in [2.45, 2.75) is 30.3 Å². The molecule has 1 atom stereocenters. The van der Waals surface area contributed by atoms with Gasteiger partial charge in [-0.25, -0.2) is 8.42 Å². The Morgan fingerprint density at radius 1 is 1.29 bits per heavy atom. The molecule has 128 valence electrons. The summed E-state index contributed by atoms with van der Waals surface area (Å²) in [5.41, 5.74) is 0. The van der Waals surface area contributed by atoms with Crippen LogP contribution in [0.1, 0.15) is 18.6 Å². The summed E-state index contributed by atoms with van der Waals surface area (Å²) in [5.74, 6) is 0.301. The van der Waals surface area contributed by atoms with Crippen LogP contribution < -0.4 is 5.32 Å². The zero-order chi connectivity index (χ0) is 17.2. The van der Waals surface area contributed by atoms with Gasteiger partial charge in [0, 0.05) is 11.6 Å². The van der Waals surface area contributed by atoms with E-state index in [0.717, 1.165) is 0 Å². The SMILES string of the molecule is O=C(NCc1ccco1)[C@H]1CCCN1S(=O)(=O)c1ccc(Cl)cc1. The quantitative estimate of drug-likeness (QED) is 0.878. The van der Waals surface area contributed by atoms with E-state index in [0.29, 0.717) is 30.2 Å². The van der Waals surface area contributed by atoms with Gasteiger partial charge >= 0.3 is 0 Å². The summed E-state index contributed by atoms with van der Waals surface area (Å²) in [5, 5.41) is 3.19. The Morgan fingerprint density at radius 2 is 2.04 bits per heavy atom. The number of halogens is 1. The Morgan fingerprint density at radius 3 is 2.71 bits per heavy atom. The number of hydrogen-bond donors (Lipinski definition) is 1. The molecule has 1 amide bonds. The van der Waals surface area contributed by atoms with E-state index < -0.39 is 16.1 Å². The van der Waals surface area contributed by atoms with Crippen LogP contribution in [0, 0.1) is 0 Å². The van der Waals surface area contributed by atoms with Crippen LogP contribution in [0.15, 0.2) is 52.0 Å². The Kier molecular flexibility index (Phi) is 4.93. The van der Waals surface area contributed by atoms with Crippen molar-refractivity contribution in [2.75, 3.05) is 6.54 Å². The van der Waals surface area contributed by atoms with Crippen LogP contribution in [0.5, 0.6) is 0 Å². The molecule has 1 N–H and O–H groups in total. The van der Waals surface area contributed by atoms with Crippen molar-refractivity contribution < 1.29 is 17.6 Å². The number of amides is 1. The van der Waals surface area contributed by atoms with E-state index in [1.54, 1.807) is 12.1 Å². The van der Waals surface area contributed by atoms with Crippen molar-refractivity contribution in [2.24, 2.45) is 0 Å². The molecule has 0 radical (unpaired) electrons. The Hall–Kier alpha value is -1.83. The maximum absolute atomic E-state index is 12.8. The highest BCUT2D eigenvalue weighted by Gasteiger charge is 2.39. The Balaban J connectivity index is 1.74. The molecule has 0 aliphatic carbocycles. The van der Waals surface area contributed by atoms with Gasteiger partial charge in [0.15, 0.2) is 0 Å². The number of nitrogens with zero attached hydrogens (tertiary/aromatic N) is 1. The number of carbonyl (C=O) groups excluding carboxylic acids is 1. The molecule has 1 aliphatic heterocycles. The van der Waals surface area contributed by atoms with Crippen LogP contribution in [0.4, 0.5) is 0 Å². The maximum atomic E-state index is 12.8. The molecule has 1 saturated heterocycles. The molecular formula is C16H17ClN2O4S. The molecule has 24 heavy (non-hydrogen) atoms. The van der Waals surface area contributed by atoms with E-state index in [-0.39, 0.29) is 17.3 Å². The van der Waals surface area contributed by atoms with Gasteiger partial charge in [-0.05, 0) is 49.2 Å². The highest BCUT2D eigenvalue weighted by molar-refractivity contribution is 7.89. The number of hydrogen-bond acceptors (Lipinski definition) is 4. The molecule has 0 bridgehead atoms. The lowest BCUT2D eigenvalue weighted by Gasteiger charge is -2.23. The molecule has 1 aromatic heterocycles. The molecule has 1 aliphatic rings. The van der Waals surface area contributed by atoms with Gasteiger partial charge in [-0.2, -0.15) is 4.31 Å². The number of sulfonamides is 1. The van der Waals surface area contributed by atoms with E-state index >= 15 is 0 Å². The predicted octanol–water partition coefficient (Wildman–Crippen LogP) is 2.40. The van der Waals surface area contributed by atoms with Gasteiger partial charge in [0.25, 0.3) is 0 Å². The van der Waals surface area contributed by atoms with E-state index in [1.165, 1.54) is 34.8 Å². The first-order valence-electron chi connectivity index (χ1n) is 7.56. The first-order chi connectivity index (χ1) is 11.5. The predicted molar refractivity (Wildman–Crippen MR) is 88.9 cm³/mol. The van der Waals surface area contributed by atoms with Crippen molar-refractivity contribution in [1.29, 1.82) is 0 Å². The minimum atomic E-state index is -3.73. The van der Waals surface area contributed by atoms with Gasteiger partial charge in [-0.15, -0.1) is 0 Å². The van der Waals surface area contributed by atoms with E-state index in [2.05, 4.69) is 5.32 Å². The number of carbonyl (C=O) groups is 1. The third kappa shape index (κ3) is 3.48. The normalized spacial score (nSPS) is 18.6. The third-order valence-corrected chi connectivity index (χ3v) is 6.12. The standard InChI is InChI=1S/C16H17ClN2O4S/c17-12-5-7-14(8-6-12)24(21,22)19-9-1-4-15(19)16(20)18-11-13-3-2-10-23-13/h2-3,5-8,10,15H,1,4,9,11H2,(H,18,20)/t15-/m1/s1. The largest absolute Gasteiger partial charge is 0.467 e. The Bertz CT molecular complexity index is 803. The van der Waals surface area contributed by atoms with Crippen molar-refractivity contribution in [3.63, 3.8) is 0 Å². The molecule has 2 heterocycles. The topological polar surface area (TPSA) is 79.6 Å². The van der Waals surface area contributed by atoms with Crippen molar-refractivity contribution in [3.05, 3.63) is 53.4 Å². The first kappa shape index (κ1) is 17.0. The van der Waals surface area contributed by atoms with Crippen molar-refractivity contribution >= 4 is 27.5 Å². The van der Waals surface area contributed by atoms with E-state index in [9.17, 15) is 13.2 Å². The molecule has 3 rings (SSSR count). The summed E-state index contributed by atoms with van der Waals surface area (Å²) in [6.45, 7) is 0.557.